The van der Waals surface area contributed by atoms with Crippen molar-refractivity contribution in [3.05, 3.63) is 29.5 Å². The standard InChI is InChI=1S/C13H18N2/c1-5-13(3,4)11-6-9(2)12-10(7-11)8-14-15-12/h6-8H,5H2,1-4H3,(H,14,15). The van der Waals surface area contributed by atoms with Gasteiger partial charge in [-0.1, -0.05) is 26.8 Å². The van der Waals surface area contributed by atoms with Crippen LogP contribution in [0.5, 0.6) is 0 Å². The number of benzene rings is 1. The van der Waals surface area contributed by atoms with Crippen LogP contribution < -0.4 is 0 Å². The first-order valence-electron chi connectivity index (χ1n) is 5.49. The summed E-state index contributed by atoms with van der Waals surface area (Å²) >= 11 is 0. The fourth-order valence-electron chi connectivity index (χ4n) is 1.83. The van der Waals surface area contributed by atoms with E-state index in [1.165, 1.54) is 16.5 Å². The van der Waals surface area contributed by atoms with Crippen molar-refractivity contribution in [1.82, 2.24) is 10.2 Å². The molecule has 0 aliphatic heterocycles. The van der Waals surface area contributed by atoms with Gasteiger partial charge in [0.05, 0.1) is 11.7 Å². The van der Waals surface area contributed by atoms with Crippen LogP contribution in [0.25, 0.3) is 10.9 Å². The summed E-state index contributed by atoms with van der Waals surface area (Å²) in [5.74, 6) is 0. The molecule has 1 N–H and O–H groups in total. The summed E-state index contributed by atoms with van der Waals surface area (Å²) in [4.78, 5) is 0. The van der Waals surface area contributed by atoms with Crippen molar-refractivity contribution in [3.63, 3.8) is 0 Å². The summed E-state index contributed by atoms with van der Waals surface area (Å²) in [6.45, 7) is 8.94. The molecule has 2 aromatic rings. The van der Waals surface area contributed by atoms with Crippen molar-refractivity contribution in [2.45, 2.75) is 39.5 Å². The van der Waals surface area contributed by atoms with E-state index in [0.29, 0.717) is 0 Å². The van der Waals surface area contributed by atoms with Crippen LogP contribution in [0.3, 0.4) is 0 Å². The predicted octanol–water partition coefficient (Wildman–Crippen LogP) is 3.56. The highest BCUT2D eigenvalue weighted by Crippen LogP contribution is 2.30. The maximum absolute atomic E-state index is 4.09. The minimum Gasteiger partial charge on any atom is -0.278 e. The Kier molecular flexibility index (Phi) is 2.29. The van der Waals surface area contributed by atoms with Gasteiger partial charge in [-0.3, -0.25) is 5.10 Å². The Hall–Kier alpha value is -1.31. The van der Waals surface area contributed by atoms with Gasteiger partial charge in [0.25, 0.3) is 0 Å². The minimum atomic E-state index is 0.246. The van der Waals surface area contributed by atoms with Crippen LogP contribution in [0.1, 0.15) is 38.3 Å². The first kappa shape index (κ1) is 10.2. The van der Waals surface area contributed by atoms with E-state index >= 15 is 0 Å². The van der Waals surface area contributed by atoms with Crippen LogP contribution in [0.4, 0.5) is 0 Å². The van der Waals surface area contributed by atoms with Gasteiger partial charge in [-0.05, 0) is 36.0 Å². The predicted molar refractivity (Wildman–Crippen MR) is 64.1 cm³/mol. The molecule has 1 heterocycles. The number of rotatable bonds is 2. The Bertz CT molecular complexity index is 480. The third-order valence-electron chi connectivity index (χ3n) is 3.41. The summed E-state index contributed by atoms with van der Waals surface area (Å²) in [5, 5.41) is 8.34. The molecular weight excluding hydrogens is 184 g/mol. The summed E-state index contributed by atoms with van der Waals surface area (Å²) in [6.07, 6.45) is 3.05. The van der Waals surface area contributed by atoms with Gasteiger partial charge in [0.1, 0.15) is 0 Å². The minimum absolute atomic E-state index is 0.246. The topological polar surface area (TPSA) is 28.7 Å². The fourth-order valence-corrected chi connectivity index (χ4v) is 1.83. The van der Waals surface area contributed by atoms with Crippen molar-refractivity contribution >= 4 is 10.9 Å². The highest BCUT2D eigenvalue weighted by atomic mass is 15.1. The van der Waals surface area contributed by atoms with E-state index < -0.39 is 0 Å². The molecule has 0 unspecified atom stereocenters. The number of fused-ring (bicyclic) bond motifs is 1. The number of nitrogens with zero attached hydrogens (tertiary/aromatic N) is 1. The molecule has 15 heavy (non-hydrogen) atoms. The van der Waals surface area contributed by atoms with Crippen LogP contribution in [0.15, 0.2) is 18.3 Å². The van der Waals surface area contributed by atoms with E-state index in [9.17, 15) is 0 Å². The van der Waals surface area contributed by atoms with Gasteiger partial charge in [0.2, 0.25) is 0 Å². The third-order valence-corrected chi connectivity index (χ3v) is 3.41. The lowest BCUT2D eigenvalue weighted by atomic mass is 9.81. The lowest BCUT2D eigenvalue weighted by molar-refractivity contribution is 0.506. The molecule has 0 saturated carbocycles. The molecule has 0 radical (unpaired) electrons. The smallest absolute Gasteiger partial charge is 0.0679 e. The van der Waals surface area contributed by atoms with Gasteiger partial charge in [0.15, 0.2) is 0 Å². The molecule has 0 amide bonds. The van der Waals surface area contributed by atoms with Crippen molar-refractivity contribution in [2.24, 2.45) is 0 Å². The number of aromatic nitrogens is 2. The molecule has 0 aliphatic carbocycles. The van der Waals surface area contributed by atoms with Crippen LogP contribution in [-0.4, -0.2) is 10.2 Å². The van der Waals surface area contributed by atoms with Crippen molar-refractivity contribution in [2.75, 3.05) is 0 Å². The Morgan fingerprint density at radius 1 is 1.33 bits per heavy atom. The Balaban J connectivity index is 2.63. The van der Waals surface area contributed by atoms with Crippen molar-refractivity contribution in [3.8, 4) is 0 Å². The van der Waals surface area contributed by atoms with Crippen LogP contribution in [-0.2, 0) is 5.41 Å². The van der Waals surface area contributed by atoms with Gasteiger partial charge in [-0.25, -0.2) is 0 Å². The molecule has 80 valence electrons. The summed E-state index contributed by atoms with van der Waals surface area (Å²) in [5.41, 5.74) is 4.08. The molecule has 0 saturated heterocycles. The zero-order valence-corrected chi connectivity index (χ0v) is 9.89. The molecule has 2 nitrogen and oxygen atoms in total. The fraction of sp³-hybridized carbons (Fsp3) is 0.462. The average Bonchev–Trinajstić information content (AvgIpc) is 2.66. The Labute approximate surface area is 90.7 Å². The second kappa shape index (κ2) is 3.37. The monoisotopic (exact) mass is 202 g/mol. The second-order valence-electron chi connectivity index (χ2n) is 4.86. The second-order valence-corrected chi connectivity index (χ2v) is 4.86. The zero-order chi connectivity index (χ0) is 11.1. The lowest BCUT2D eigenvalue weighted by Gasteiger charge is -2.23. The van der Waals surface area contributed by atoms with E-state index in [4.69, 9.17) is 0 Å². The largest absolute Gasteiger partial charge is 0.278 e. The molecular formula is C13H18N2. The van der Waals surface area contributed by atoms with Crippen molar-refractivity contribution < 1.29 is 0 Å². The highest BCUT2D eigenvalue weighted by molar-refractivity contribution is 5.82. The number of aromatic amines is 1. The first-order chi connectivity index (χ1) is 7.04. The maximum Gasteiger partial charge on any atom is 0.0679 e. The number of H-pyrrole nitrogens is 1. The molecule has 2 rings (SSSR count). The highest BCUT2D eigenvalue weighted by Gasteiger charge is 2.19. The summed E-state index contributed by atoms with van der Waals surface area (Å²) in [7, 11) is 0. The quantitative estimate of drug-likeness (QED) is 0.792. The van der Waals surface area contributed by atoms with Crippen LogP contribution >= 0.6 is 0 Å². The van der Waals surface area contributed by atoms with Gasteiger partial charge in [0, 0.05) is 5.39 Å². The average molecular weight is 202 g/mol. The Morgan fingerprint density at radius 2 is 2.07 bits per heavy atom. The van der Waals surface area contributed by atoms with E-state index in [2.05, 4.69) is 50.0 Å². The van der Waals surface area contributed by atoms with E-state index in [1.54, 1.807) is 0 Å². The van der Waals surface area contributed by atoms with E-state index in [-0.39, 0.29) is 5.41 Å². The van der Waals surface area contributed by atoms with Gasteiger partial charge in [-0.15, -0.1) is 0 Å². The SMILES string of the molecule is CCC(C)(C)c1cc(C)c2[nH]ncc2c1. The molecule has 1 aromatic carbocycles. The zero-order valence-electron chi connectivity index (χ0n) is 9.89. The van der Waals surface area contributed by atoms with E-state index in [0.717, 1.165) is 11.9 Å². The van der Waals surface area contributed by atoms with E-state index in [1.807, 2.05) is 6.20 Å². The maximum atomic E-state index is 4.09. The number of aryl methyl sites for hydroxylation is 1. The number of hydrogen-bond acceptors (Lipinski definition) is 1. The molecule has 0 spiro atoms. The number of nitrogens with one attached hydrogen (secondary N) is 1. The first-order valence-corrected chi connectivity index (χ1v) is 5.49. The Morgan fingerprint density at radius 3 is 2.73 bits per heavy atom. The van der Waals surface area contributed by atoms with Gasteiger partial charge in [-0.2, -0.15) is 5.10 Å². The molecule has 0 atom stereocenters. The van der Waals surface area contributed by atoms with Crippen LogP contribution in [0.2, 0.25) is 0 Å². The normalized spacial score (nSPS) is 12.3. The molecule has 2 heteroatoms. The lowest BCUT2D eigenvalue weighted by Crippen LogP contribution is -2.15. The molecule has 1 aromatic heterocycles. The summed E-state index contributed by atoms with van der Waals surface area (Å²) < 4.78 is 0. The third kappa shape index (κ3) is 1.65. The van der Waals surface area contributed by atoms with Gasteiger partial charge >= 0.3 is 0 Å². The molecule has 0 bridgehead atoms. The van der Waals surface area contributed by atoms with Gasteiger partial charge < -0.3 is 0 Å². The summed E-state index contributed by atoms with van der Waals surface area (Å²) in [6, 6.07) is 4.51. The van der Waals surface area contributed by atoms with Crippen LogP contribution in [0, 0.1) is 6.92 Å². The number of hydrogen-bond donors (Lipinski definition) is 1. The molecule has 0 aliphatic rings. The van der Waals surface area contributed by atoms with Crippen molar-refractivity contribution in [1.29, 1.82) is 0 Å². The molecule has 0 fully saturated rings.